The molecule has 2 aromatic rings. The zero-order valence-corrected chi connectivity index (χ0v) is 15.1. The van der Waals surface area contributed by atoms with E-state index >= 15 is 0 Å². The Kier molecular flexibility index (Phi) is 4.43. The molecule has 0 radical (unpaired) electrons. The third kappa shape index (κ3) is 3.45. The smallest absolute Gasteiger partial charge is 0.182 e. The molecule has 132 valence electrons. The van der Waals surface area contributed by atoms with Crippen LogP contribution in [-0.4, -0.2) is 26.0 Å². The molecule has 0 bridgehead atoms. The molecule has 1 aliphatic carbocycles. The Morgan fingerprint density at radius 2 is 1.84 bits per heavy atom. The van der Waals surface area contributed by atoms with Crippen LogP contribution in [0.2, 0.25) is 0 Å². The van der Waals surface area contributed by atoms with Crippen molar-refractivity contribution in [2.24, 2.45) is 5.73 Å². The van der Waals surface area contributed by atoms with Crippen LogP contribution in [0.3, 0.4) is 0 Å². The Labute approximate surface area is 147 Å². The first-order chi connectivity index (χ1) is 11.7. The van der Waals surface area contributed by atoms with E-state index in [4.69, 9.17) is 10.5 Å². The predicted molar refractivity (Wildman–Crippen MR) is 95.6 cm³/mol. The number of benzene rings is 2. The van der Waals surface area contributed by atoms with Gasteiger partial charge in [0.15, 0.2) is 15.6 Å². The molecule has 2 aromatic carbocycles. The van der Waals surface area contributed by atoms with Gasteiger partial charge in [-0.2, -0.15) is 0 Å². The van der Waals surface area contributed by atoms with Crippen LogP contribution in [-0.2, 0) is 22.9 Å². The van der Waals surface area contributed by atoms with Crippen molar-refractivity contribution in [1.29, 1.82) is 0 Å². The van der Waals surface area contributed by atoms with Crippen molar-refractivity contribution in [2.45, 2.75) is 36.8 Å². The standard InChI is InChI=1S/C19H21NO4S/c1-19(20)11-10-14-15(18(19)21)8-9-16(17(14)25(2,22)23)24-12-13-6-4-3-5-7-13/h3-9H,10-12,20H2,1-2H3. The second kappa shape index (κ2) is 6.28. The maximum atomic E-state index is 12.5. The highest BCUT2D eigenvalue weighted by molar-refractivity contribution is 7.90. The predicted octanol–water partition coefficient (Wildman–Crippen LogP) is 2.52. The zero-order chi connectivity index (χ0) is 18.2. The van der Waals surface area contributed by atoms with Gasteiger partial charge in [0.05, 0.1) is 5.54 Å². The molecule has 2 N–H and O–H groups in total. The molecule has 0 aliphatic heterocycles. The van der Waals surface area contributed by atoms with E-state index in [0.29, 0.717) is 24.0 Å². The van der Waals surface area contributed by atoms with Gasteiger partial charge in [-0.25, -0.2) is 8.42 Å². The van der Waals surface area contributed by atoms with E-state index in [1.54, 1.807) is 19.1 Å². The number of hydrogen-bond acceptors (Lipinski definition) is 5. The number of carbonyl (C=O) groups excluding carboxylic acids is 1. The number of sulfone groups is 1. The summed E-state index contributed by atoms with van der Waals surface area (Å²) in [5, 5.41) is 0. The second-order valence-corrected chi connectivity index (χ2v) is 8.66. The van der Waals surface area contributed by atoms with Gasteiger partial charge in [0, 0.05) is 11.8 Å². The lowest BCUT2D eigenvalue weighted by Crippen LogP contribution is -2.48. The maximum Gasteiger partial charge on any atom is 0.182 e. The number of hydrogen-bond donors (Lipinski definition) is 1. The average molecular weight is 359 g/mol. The molecule has 3 rings (SSSR count). The van der Waals surface area contributed by atoms with Gasteiger partial charge in [-0.1, -0.05) is 30.3 Å². The molecule has 0 amide bonds. The van der Waals surface area contributed by atoms with Gasteiger partial charge < -0.3 is 10.5 Å². The van der Waals surface area contributed by atoms with Crippen LogP contribution in [0, 0.1) is 0 Å². The number of fused-ring (bicyclic) bond motifs is 1. The topological polar surface area (TPSA) is 86.5 Å². The summed E-state index contributed by atoms with van der Waals surface area (Å²) in [6, 6.07) is 12.7. The van der Waals surface area contributed by atoms with E-state index in [2.05, 4.69) is 0 Å². The van der Waals surface area contributed by atoms with Gasteiger partial charge in [-0.05, 0) is 43.0 Å². The molecule has 1 unspecified atom stereocenters. The Bertz CT molecular complexity index is 918. The number of ketones is 1. The quantitative estimate of drug-likeness (QED) is 0.906. The molecular formula is C19H21NO4S. The van der Waals surface area contributed by atoms with Crippen molar-refractivity contribution in [3.8, 4) is 5.75 Å². The summed E-state index contributed by atoms with van der Waals surface area (Å²) in [7, 11) is -3.56. The van der Waals surface area contributed by atoms with Crippen LogP contribution in [0.5, 0.6) is 5.75 Å². The summed E-state index contributed by atoms with van der Waals surface area (Å²) in [4.78, 5) is 12.6. The van der Waals surface area contributed by atoms with Crippen molar-refractivity contribution < 1.29 is 17.9 Å². The minimum atomic E-state index is -3.56. The molecule has 0 fully saturated rings. The molecule has 0 saturated heterocycles. The normalized spacial score (nSPS) is 20.2. The van der Waals surface area contributed by atoms with Crippen molar-refractivity contribution in [1.82, 2.24) is 0 Å². The number of ether oxygens (including phenoxy) is 1. The van der Waals surface area contributed by atoms with E-state index in [0.717, 1.165) is 11.8 Å². The molecule has 6 heteroatoms. The second-order valence-electron chi connectivity index (χ2n) is 6.71. The molecule has 25 heavy (non-hydrogen) atoms. The van der Waals surface area contributed by atoms with E-state index < -0.39 is 15.4 Å². The van der Waals surface area contributed by atoms with Crippen LogP contribution >= 0.6 is 0 Å². The van der Waals surface area contributed by atoms with E-state index in [1.165, 1.54) is 0 Å². The minimum Gasteiger partial charge on any atom is -0.488 e. The van der Waals surface area contributed by atoms with Gasteiger partial charge in [-0.15, -0.1) is 0 Å². The molecule has 1 atom stereocenters. The summed E-state index contributed by atoms with van der Waals surface area (Å²) >= 11 is 0. The van der Waals surface area contributed by atoms with Crippen molar-refractivity contribution >= 4 is 15.6 Å². The van der Waals surface area contributed by atoms with Crippen LogP contribution in [0.4, 0.5) is 0 Å². The largest absolute Gasteiger partial charge is 0.488 e. The van der Waals surface area contributed by atoms with Crippen molar-refractivity contribution in [3.05, 3.63) is 59.2 Å². The Morgan fingerprint density at radius 3 is 2.48 bits per heavy atom. The Morgan fingerprint density at radius 1 is 1.16 bits per heavy atom. The first-order valence-electron chi connectivity index (χ1n) is 8.06. The molecule has 0 heterocycles. The first kappa shape index (κ1) is 17.6. The van der Waals surface area contributed by atoms with E-state index in [-0.39, 0.29) is 23.0 Å². The monoisotopic (exact) mass is 359 g/mol. The van der Waals surface area contributed by atoms with Gasteiger partial charge in [0.1, 0.15) is 17.3 Å². The molecule has 1 aliphatic rings. The zero-order valence-electron chi connectivity index (χ0n) is 14.3. The molecule has 5 nitrogen and oxygen atoms in total. The van der Waals surface area contributed by atoms with Gasteiger partial charge in [0.25, 0.3) is 0 Å². The SMILES string of the molecule is CC1(N)CCc2c(ccc(OCc3ccccc3)c2S(C)(=O)=O)C1=O. The van der Waals surface area contributed by atoms with E-state index in [9.17, 15) is 13.2 Å². The van der Waals surface area contributed by atoms with Gasteiger partial charge >= 0.3 is 0 Å². The fraction of sp³-hybridized carbons (Fsp3) is 0.316. The highest BCUT2D eigenvalue weighted by Crippen LogP contribution is 2.37. The Balaban J connectivity index is 2.04. The summed E-state index contributed by atoms with van der Waals surface area (Å²) < 4.78 is 30.5. The molecule has 0 aromatic heterocycles. The van der Waals surface area contributed by atoms with Gasteiger partial charge in [-0.3, -0.25) is 4.79 Å². The van der Waals surface area contributed by atoms with Crippen LogP contribution in [0.15, 0.2) is 47.4 Å². The fourth-order valence-corrected chi connectivity index (χ4v) is 4.28. The Hall–Kier alpha value is -2.18. The lowest BCUT2D eigenvalue weighted by atomic mass is 9.78. The molecule has 0 spiro atoms. The molecular weight excluding hydrogens is 338 g/mol. The average Bonchev–Trinajstić information content (AvgIpc) is 2.56. The first-order valence-corrected chi connectivity index (χ1v) is 9.95. The number of carbonyl (C=O) groups is 1. The third-order valence-electron chi connectivity index (χ3n) is 4.49. The summed E-state index contributed by atoms with van der Waals surface area (Å²) in [5.41, 5.74) is 6.90. The number of Topliss-reactive ketones (excluding diaryl/α,β-unsaturated/α-hetero) is 1. The summed E-state index contributed by atoms with van der Waals surface area (Å²) in [5.74, 6) is 0.0480. The highest BCUT2D eigenvalue weighted by atomic mass is 32.2. The van der Waals surface area contributed by atoms with E-state index in [1.807, 2.05) is 30.3 Å². The maximum absolute atomic E-state index is 12.5. The summed E-state index contributed by atoms with van der Waals surface area (Å²) in [6.45, 7) is 1.93. The third-order valence-corrected chi connectivity index (χ3v) is 5.68. The van der Waals surface area contributed by atoms with Gasteiger partial charge in [0.2, 0.25) is 0 Å². The molecule has 0 saturated carbocycles. The lowest BCUT2D eigenvalue weighted by molar-refractivity contribution is 0.0880. The van der Waals surface area contributed by atoms with Crippen molar-refractivity contribution in [2.75, 3.05) is 6.26 Å². The summed E-state index contributed by atoms with van der Waals surface area (Å²) in [6.07, 6.45) is 1.97. The lowest BCUT2D eigenvalue weighted by Gasteiger charge is -2.31. The van der Waals surface area contributed by atoms with Crippen LogP contribution < -0.4 is 10.5 Å². The minimum absolute atomic E-state index is 0.102. The number of nitrogens with two attached hydrogens (primary N) is 1. The highest BCUT2D eigenvalue weighted by Gasteiger charge is 2.38. The van der Waals surface area contributed by atoms with Crippen molar-refractivity contribution in [3.63, 3.8) is 0 Å². The van der Waals surface area contributed by atoms with Crippen LogP contribution in [0.25, 0.3) is 0 Å². The van der Waals surface area contributed by atoms with Crippen LogP contribution in [0.1, 0.15) is 34.8 Å². The fourth-order valence-electron chi connectivity index (χ4n) is 3.13. The number of rotatable bonds is 4.